The molecule has 5 atom stereocenters. The third kappa shape index (κ3) is 17.1. The molecule has 59 heavy (non-hydrogen) atoms. The number of sulfonamides is 1. The van der Waals surface area contributed by atoms with Crippen LogP contribution in [0, 0.1) is 11.8 Å². The van der Waals surface area contributed by atoms with Crippen LogP contribution >= 0.6 is 0 Å². The van der Waals surface area contributed by atoms with Crippen LogP contribution in [0.5, 0.6) is 0 Å². The third-order valence-electron chi connectivity index (χ3n) is 10.0. The lowest BCUT2D eigenvalue weighted by molar-refractivity contribution is -0.116. The molecule has 12 heteroatoms. The Labute approximate surface area is 352 Å². The van der Waals surface area contributed by atoms with Crippen molar-refractivity contribution in [3.63, 3.8) is 0 Å². The van der Waals surface area contributed by atoms with Crippen molar-refractivity contribution >= 4 is 27.7 Å². The van der Waals surface area contributed by atoms with E-state index in [9.17, 15) is 23.1 Å². The van der Waals surface area contributed by atoms with Gasteiger partial charge in [0.05, 0.1) is 48.9 Å². The van der Waals surface area contributed by atoms with Gasteiger partial charge in [0, 0.05) is 25.2 Å². The van der Waals surface area contributed by atoms with Crippen molar-refractivity contribution in [3.05, 3.63) is 121 Å². The van der Waals surface area contributed by atoms with Crippen molar-refractivity contribution in [3.8, 4) is 0 Å². The number of benzene rings is 2. The van der Waals surface area contributed by atoms with Crippen LogP contribution in [0.1, 0.15) is 77.7 Å². The van der Waals surface area contributed by atoms with Gasteiger partial charge >= 0.3 is 6.09 Å². The van der Waals surface area contributed by atoms with E-state index in [1.165, 1.54) is 16.4 Å². The van der Waals surface area contributed by atoms with E-state index in [2.05, 4.69) is 78.3 Å². The number of fused-ring (bicyclic) bond motifs is 1. The fraction of sp³-hybridized carbons (Fsp3) is 0.489. The highest BCUT2D eigenvalue weighted by Crippen LogP contribution is 2.29. The molecule has 2 aromatic carbocycles. The Bertz CT molecular complexity index is 1810. The van der Waals surface area contributed by atoms with Crippen LogP contribution in [0.3, 0.4) is 0 Å². The summed E-state index contributed by atoms with van der Waals surface area (Å²) in [6, 6.07) is 14.6. The standard InChI is InChI=1S/C47H65N3O8S/c1-4-5-6-7-8-9-10-11-12-13-14-15-16-17-18-19-23-26-46(52)48-39-27-29-40(30-28-39)59(54,55)50(32-37(2)3)33-43(51)42(31-38-24-21-20-22-25-38)49-47(53)58-45-36-57-44-35-56-34-41(44)45/h5-6,8-9,11-12,14-15,17-18,20-22,24-25,27-30,37,41-45,51H,4,7,10,13,16,19,23,26,31-36H2,1-3H3,(H,48,52)(H,49,53)/b6-5-,9-8-,12-11-,15-14-,18-17-/t41-,42+,43-,44+,45+/m1/s1. The van der Waals surface area contributed by atoms with Crippen LogP contribution in [-0.2, 0) is 35.4 Å². The Hall–Kier alpha value is -4.33. The summed E-state index contributed by atoms with van der Waals surface area (Å²) in [6.07, 6.45) is 25.8. The van der Waals surface area contributed by atoms with Crippen LogP contribution in [0.4, 0.5) is 10.5 Å². The number of nitrogens with zero attached hydrogens (tertiary/aromatic N) is 1. The number of allylic oxidation sites excluding steroid dienone is 10. The van der Waals surface area contributed by atoms with Crippen molar-refractivity contribution in [1.29, 1.82) is 0 Å². The minimum absolute atomic E-state index is 0.0308. The van der Waals surface area contributed by atoms with E-state index in [1.54, 1.807) is 12.1 Å². The van der Waals surface area contributed by atoms with Gasteiger partial charge in [-0.05, 0) is 87.1 Å². The second-order valence-corrected chi connectivity index (χ2v) is 17.4. The predicted molar refractivity (Wildman–Crippen MR) is 234 cm³/mol. The van der Waals surface area contributed by atoms with Gasteiger partial charge in [-0.3, -0.25) is 4.79 Å². The summed E-state index contributed by atoms with van der Waals surface area (Å²) in [5, 5.41) is 17.3. The average Bonchev–Trinajstić information content (AvgIpc) is 3.84. The highest BCUT2D eigenvalue weighted by molar-refractivity contribution is 7.89. The highest BCUT2D eigenvalue weighted by Gasteiger charge is 2.44. The van der Waals surface area contributed by atoms with Crippen LogP contribution < -0.4 is 10.6 Å². The fourth-order valence-corrected chi connectivity index (χ4v) is 8.47. The monoisotopic (exact) mass is 831 g/mol. The topological polar surface area (TPSA) is 144 Å². The van der Waals surface area contributed by atoms with Crippen molar-refractivity contribution in [2.45, 2.75) is 108 Å². The Morgan fingerprint density at radius 2 is 1.47 bits per heavy atom. The molecule has 0 bridgehead atoms. The number of aliphatic hydroxyl groups is 1. The molecule has 2 heterocycles. The van der Waals surface area contributed by atoms with Gasteiger partial charge in [-0.25, -0.2) is 13.2 Å². The number of nitrogens with one attached hydrogen (secondary N) is 2. The summed E-state index contributed by atoms with van der Waals surface area (Å²) in [6.45, 7) is 6.99. The minimum Gasteiger partial charge on any atom is -0.443 e. The van der Waals surface area contributed by atoms with Crippen molar-refractivity contribution in [2.24, 2.45) is 11.8 Å². The maximum Gasteiger partial charge on any atom is 0.407 e. The van der Waals surface area contributed by atoms with Gasteiger partial charge in [-0.2, -0.15) is 4.31 Å². The number of rotatable bonds is 25. The maximum atomic E-state index is 14.0. The summed E-state index contributed by atoms with van der Waals surface area (Å²) < 4.78 is 46.2. The number of hydrogen-bond acceptors (Lipinski definition) is 8. The normalized spacial score (nSPS) is 19.5. The predicted octanol–water partition coefficient (Wildman–Crippen LogP) is 8.31. The summed E-state index contributed by atoms with van der Waals surface area (Å²) in [5.41, 5.74) is 1.35. The molecule has 2 aromatic rings. The molecule has 0 radical (unpaired) electrons. The molecule has 2 amide bonds. The first-order valence-corrected chi connectivity index (χ1v) is 22.5. The first-order valence-electron chi connectivity index (χ1n) is 21.1. The van der Waals surface area contributed by atoms with E-state index in [-0.39, 0.29) is 54.9 Å². The molecule has 2 fully saturated rings. The molecule has 322 valence electrons. The number of aliphatic hydroxyl groups excluding tert-OH is 1. The Morgan fingerprint density at radius 3 is 2.10 bits per heavy atom. The summed E-state index contributed by atoms with van der Waals surface area (Å²) in [5.74, 6) is -0.255. The second-order valence-electron chi connectivity index (χ2n) is 15.4. The molecular formula is C47H65N3O8S. The van der Waals surface area contributed by atoms with E-state index in [4.69, 9.17) is 14.2 Å². The molecule has 0 unspecified atom stereocenters. The number of alkyl carbamates (subject to hydrolysis) is 1. The van der Waals surface area contributed by atoms with Gasteiger partial charge in [0.15, 0.2) is 0 Å². The van der Waals surface area contributed by atoms with Crippen LogP contribution in [0.2, 0.25) is 0 Å². The lowest BCUT2D eigenvalue weighted by Crippen LogP contribution is -2.51. The average molecular weight is 832 g/mol. The molecular weight excluding hydrogens is 767 g/mol. The first-order chi connectivity index (χ1) is 28.6. The van der Waals surface area contributed by atoms with E-state index in [0.717, 1.165) is 44.1 Å². The van der Waals surface area contributed by atoms with Crippen molar-refractivity contribution in [1.82, 2.24) is 9.62 Å². The first kappa shape index (κ1) is 47.3. The van der Waals surface area contributed by atoms with Gasteiger partial charge < -0.3 is 30.0 Å². The second kappa shape index (κ2) is 26.0. The largest absolute Gasteiger partial charge is 0.443 e. The van der Waals surface area contributed by atoms with Crippen LogP contribution in [-0.4, -0.2) is 87.1 Å². The zero-order valence-electron chi connectivity index (χ0n) is 35.0. The van der Waals surface area contributed by atoms with Crippen molar-refractivity contribution in [2.75, 3.05) is 38.2 Å². The Morgan fingerprint density at radius 1 is 0.847 bits per heavy atom. The summed E-state index contributed by atoms with van der Waals surface area (Å²) in [7, 11) is -4.07. The maximum absolute atomic E-state index is 14.0. The van der Waals surface area contributed by atoms with E-state index in [1.807, 2.05) is 44.2 Å². The molecule has 0 spiro atoms. The smallest absolute Gasteiger partial charge is 0.407 e. The lowest BCUT2D eigenvalue weighted by Gasteiger charge is -2.31. The molecule has 0 saturated carbocycles. The van der Waals surface area contributed by atoms with Gasteiger partial charge in [0.25, 0.3) is 0 Å². The van der Waals surface area contributed by atoms with E-state index in [0.29, 0.717) is 31.7 Å². The van der Waals surface area contributed by atoms with Gasteiger partial charge in [-0.1, -0.05) is 112 Å². The van der Waals surface area contributed by atoms with Crippen LogP contribution in [0.15, 0.2) is 120 Å². The van der Waals surface area contributed by atoms with Crippen molar-refractivity contribution < 1.29 is 37.3 Å². The van der Waals surface area contributed by atoms with Gasteiger partial charge in [0.2, 0.25) is 15.9 Å². The van der Waals surface area contributed by atoms with Gasteiger partial charge in [0.1, 0.15) is 6.10 Å². The van der Waals surface area contributed by atoms with Crippen LogP contribution in [0.25, 0.3) is 0 Å². The quantitative estimate of drug-likeness (QED) is 0.0670. The van der Waals surface area contributed by atoms with E-state index < -0.39 is 34.4 Å². The Kier molecular flexibility index (Phi) is 20.9. The highest BCUT2D eigenvalue weighted by atomic mass is 32.2. The summed E-state index contributed by atoms with van der Waals surface area (Å²) >= 11 is 0. The number of anilines is 1. The number of carbonyl (C=O) groups is 2. The number of unbranched alkanes of at least 4 members (excludes halogenated alkanes) is 1. The molecule has 2 aliphatic heterocycles. The molecule has 4 rings (SSSR count). The lowest BCUT2D eigenvalue weighted by atomic mass is 10.0. The molecule has 2 saturated heterocycles. The number of hydrogen-bond donors (Lipinski definition) is 3. The molecule has 11 nitrogen and oxygen atoms in total. The number of amides is 2. The van der Waals surface area contributed by atoms with Gasteiger partial charge in [-0.15, -0.1) is 0 Å². The minimum atomic E-state index is -4.07. The zero-order valence-corrected chi connectivity index (χ0v) is 35.8. The Balaban J connectivity index is 1.25. The number of carbonyl (C=O) groups excluding carboxylic acids is 2. The van der Waals surface area contributed by atoms with E-state index >= 15 is 0 Å². The summed E-state index contributed by atoms with van der Waals surface area (Å²) in [4.78, 5) is 25.9. The fourth-order valence-electron chi connectivity index (χ4n) is 6.85. The molecule has 3 N–H and O–H groups in total. The SMILES string of the molecule is CC/C=C\C/C=C\C/C=C\C/C=C\C/C=C\CCCC(=O)Nc1ccc(S(=O)(=O)N(CC(C)C)C[C@@H](O)[C@H](Cc2ccccc2)NC(=O)O[C@H]2CO[C@H]3COC[C@H]32)cc1. The zero-order chi connectivity index (χ0) is 42.3. The molecule has 2 aliphatic rings. The number of ether oxygens (including phenoxy) is 3. The third-order valence-corrected chi connectivity index (χ3v) is 11.9. The molecule has 0 aliphatic carbocycles. The molecule has 0 aromatic heterocycles.